The molecule has 6 nitrogen and oxygen atoms in total. The largest absolute Gasteiger partial charge is 0.391 e. The summed E-state index contributed by atoms with van der Waals surface area (Å²) in [5.41, 5.74) is -0.151. The van der Waals surface area contributed by atoms with Crippen molar-refractivity contribution >= 4 is 39.1 Å². The van der Waals surface area contributed by atoms with Gasteiger partial charge in [0.25, 0.3) is 5.91 Å². The van der Waals surface area contributed by atoms with Crippen molar-refractivity contribution in [2.45, 2.75) is 42.8 Å². The smallest absolute Gasteiger partial charge is 0.379 e. The molecule has 1 heterocycles. The van der Waals surface area contributed by atoms with Gasteiger partial charge in [0.05, 0.1) is 34.7 Å². The van der Waals surface area contributed by atoms with Crippen LogP contribution in [0.5, 0.6) is 0 Å². The van der Waals surface area contributed by atoms with Crippen LogP contribution in [0.15, 0.2) is 17.0 Å². The van der Waals surface area contributed by atoms with Gasteiger partial charge in [-0.25, -0.2) is 8.42 Å². The van der Waals surface area contributed by atoms with Gasteiger partial charge in [0.1, 0.15) is 4.90 Å². The van der Waals surface area contributed by atoms with E-state index in [1.165, 1.54) is 4.31 Å². The van der Waals surface area contributed by atoms with Crippen molar-refractivity contribution in [3.8, 4) is 0 Å². The van der Waals surface area contributed by atoms with Gasteiger partial charge in [-0.2, -0.15) is 17.5 Å². The van der Waals surface area contributed by atoms with E-state index in [2.05, 4.69) is 5.32 Å². The lowest BCUT2D eigenvalue weighted by molar-refractivity contribution is -0.183. The Morgan fingerprint density at radius 1 is 1.13 bits per heavy atom. The molecular weight excluding hydrogens is 468 g/mol. The predicted octanol–water partition coefficient (Wildman–Crippen LogP) is 3.87. The number of morpholine rings is 1. The number of hydrogen-bond acceptors (Lipinski definition) is 4. The third-order valence-electron chi connectivity index (χ3n) is 5.33. The molecule has 1 aromatic carbocycles. The summed E-state index contributed by atoms with van der Waals surface area (Å²) in [6, 6.07) is 1.56. The molecule has 0 unspecified atom stereocenters. The molecule has 2 atom stereocenters. The standard InChI is InChI=1S/C18H21Cl2F3N2O4S/c19-14-10-15(20)16(30(27,28)25-4-6-29-7-5-25)9-13(14)17(26)24-12-3-1-2-11(8-12)18(21,22)23/h9-12H,1-8H2,(H,24,26)/t11-,12+/m1/s1. The molecule has 0 bridgehead atoms. The average molecular weight is 489 g/mol. The SMILES string of the molecule is O=C(N[C@H]1CCC[C@@H](C(F)(F)F)C1)c1cc(S(=O)(=O)N2CCOCC2)c(Cl)cc1Cl. The molecule has 30 heavy (non-hydrogen) atoms. The van der Waals surface area contributed by atoms with E-state index in [-0.39, 0.29) is 59.6 Å². The van der Waals surface area contributed by atoms with Crippen molar-refractivity contribution in [1.29, 1.82) is 0 Å². The Kier molecular flexibility index (Phi) is 7.23. The van der Waals surface area contributed by atoms with Crippen LogP contribution in [-0.2, 0) is 14.8 Å². The van der Waals surface area contributed by atoms with Crippen LogP contribution in [0.4, 0.5) is 13.2 Å². The number of sulfonamides is 1. The topological polar surface area (TPSA) is 75.7 Å². The van der Waals surface area contributed by atoms with Gasteiger partial charge in [-0.15, -0.1) is 0 Å². The van der Waals surface area contributed by atoms with Crippen LogP contribution >= 0.6 is 23.2 Å². The number of ether oxygens (including phenoxy) is 1. The van der Waals surface area contributed by atoms with E-state index >= 15 is 0 Å². The van der Waals surface area contributed by atoms with Crippen LogP contribution < -0.4 is 5.32 Å². The molecule has 1 aliphatic heterocycles. The molecule has 12 heteroatoms. The van der Waals surface area contributed by atoms with Crippen molar-refractivity contribution in [3.63, 3.8) is 0 Å². The summed E-state index contributed by atoms with van der Waals surface area (Å²) in [4.78, 5) is 12.4. The number of carbonyl (C=O) groups is 1. The van der Waals surface area contributed by atoms with Gasteiger partial charge < -0.3 is 10.1 Å². The van der Waals surface area contributed by atoms with Gasteiger partial charge in [-0.05, 0) is 31.4 Å². The minimum Gasteiger partial charge on any atom is -0.379 e. The minimum atomic E-state index is -4.32. The Hall–Kier alpha value is -1.07. The highest BCUT2D eigenvalue weighted by Crippen LogP contribution is 2.38. The Labute approximate surface area is 182 Å². The lowest BCUT2D eigenvalue weighted by Gasteiger charge is -2.31. The zero-order chi connectivity index (χ0) is 22.1. The second-order valence-corrected chi connectivity index (χ2v) is 10.1. The Morgan fingerprint density at radius 2 is 1.80 bits per heavy atom. The minimum absolute atomic E-state index is 0.0273. The predicted molar refractivity (Wildman–Crippen MR) is 105 cm³/mol. The molecule has 168 valence electrons. The highest BCUT2D eigenvalue weighted by atomic mass is 35.5. The number of carbonyl (C=O) groups excluding carboxylic acids is 1. The molecule has 3 rings (SSSR count). The first-order valence-corrected chi connectivity index (χ1v) is 11.6. The van der Waals surface area contributed by atoms with E-state index in [0.29, 0.717) is 12.8 Å². The summed E-state index contributed by atoms with van der Waals surface area (Å²) >= 11 is 12.2. The summed E-state index contributed by atoms with van der Waals surface area (Å²) in [6.45, 7) is 0.757. The van der Waals surface area contributed by atoms with Crippen LogP contribution in [0.1, 0.15) is 36.0 Å². The molecular formula is C18H21Cl2F3N2O4S. The number of alkyl halides is 3. The number of halogens is 5. The monoisotopic (exact) mass is 488 g/mol. The number of hydrogen-bond donors (Lipinski definition) is 1. The van der Waals surface area contributed by atoms with Crippen molar-refractivity contribution in [2.75, 3.05) is 26.3 Å². The Bertz CT molecular complexity index is 905. The van der Waals surface area contributed by atoms with E-state index < -0.39 is 34.1 Å². The lowest BCUT2D eigenvalue weighted by atomic mass is 9.85. The van der Waals surface area contributed by atoms with Crippen molar-refractivity contribution in [2.24, 2.45) is 5.92 Å². The van der Waals surface area contributed by atoms with Crippen LogP contribution in [0.3, 0.4) is 0 Å². The Balaban J connectivity index is 1.82. The summed E-state index contributed by atoms with van der Waals surface area (Å²) in [6.07, 6.45) is -3.78. The maximum absolute atomic E-state index is 13.0. The third-order valence-corrected chi connectivity index (χ3v) is 8.00. The van der Waals surface area contributed by atoms with Crippen LogP contribution in [0, 0.1) is 5.92 Å². The normalized spacial score (nSPS) is 23.9. The summed E-state index contributed by atoms with van der Waals surface area (Å²) in [5, 5.41) is 2.34. The van der Waals surface area contributed by atoms with E-state index in [9.17, 15) is 26.4 Å². The molecule has 0 spiro atoms. The quantitative estimate of drug-likeness (QED) is 0.697. The number of benzene rings is 1. The zero-order valence-electron chi connectivity index (χ0n) is 15.8. The zero-order valence-corrected chi connectivity index (χ0v) is 18.2. The second kappa shape index (κ2) is 9.20. The fraction of sp³-hybridized carbons (Fsp3) is 0.611. The average Bonchev–Trinajstić information content (AvgIpc) is 2.68. The van der Waals surface area contributed by atoms with Crippen molar-refractivity contribution < 1.29 is 31.1 Å². The van der Waals surface area contributed by atoms with Crippen LogP contribution in [0.25, 0.3) is 0 Å². The first kappa shape index (κ1) is 23.6. The fourth-order valence-corrected chi connectivity index (χ4v) is 5.95. The molecule has 1 amide bonds. The Morgan fingerprint density at radius 3 is 2.43 bits per heavy atom. The molecule has 0 aromatic heterocycles. The number of rotatable bonds is 4. The van der Waals surface area contributed by atoms with Gasteiger partial charge in [0, 0.05) is 19.1 Å². The van der Waals surface area contributed by atoms with Gasteiger partial charge in [-0.3, -0.25) is 4.79 Å². The summed E-state index contributed by atoms with van der Waals surface area (Å²) < 4.78 is 71.2. The van der Waals surface area contributed by atoms with E-state index in [1.54, 1.807) is 0 Å². The fourth-order valence-electron chi connectivity index (χ4n) is 3.71. The van der Waals surface area contributed by atoms with E-state index in [1.807, 2.05) is 0 Å². The third kappa shape index (κ3) is 5.21. The highest BCUT2D eigenvalue weighted by Gasteiger charge is 2.42. The second-order valence-electron chi connectivity index (χ2n) is 7.35. The van der Waals surface area contributed by atoms with Gasteiger partial charge >= 0.3 is 6.18 Å². The molecule has 1 aromatic rings. The van der Waals surface area contributed by atoms with Gasteiger partial charge in [0.15, 0.2) is 0 Å². The lowest BCUT2D eigenvalue weighted by Crippen LogP contribution is -2.42. The van der Waals surface area contributed by atoms with Crippen LogP contribution in [-0.4, -0.2) is 57.2 Å². The highest BCUT2D eigenvalue weighted by molar-refractivity contribution is 7.89. The number of amides is 1. The molecule has 2 aliphatic rings. The summed E-state index contributed by atoms with van der Waals surface area (Å²) in [7, 11) is -3.99. The molecule has 1 aliphatic carbocycles. The number of nitrogens with one attached hydrogen (secondary N) is 1. The first-order valence-electron chi connectivity index (χ1n) is 9.44. The van der Waals surface area contributed by atoms with Gasteiger partial charge in [-0.1, -0.05) is 29.6 Å². The first-order chi connectivity index (χ1) is 14.0. The molecule has 1 saturated carbocycles. The maximum atomic E-state index is 13.0. The van der Waals surface area contributed by atoms with E-state index in [0.717, 1.165) is 12.1 Å². The maximum Gasteiger partial charge on any atom is 0.391 e. The van der Waals surface area contributed by atoms with Gasteiger partial charge in [0.2, 0.25) is 10.0 Å². The van der Waals surface area contributed by atoms with Crippen molar-refractivity contribution in [1.82, 2.24) is 9.62 Å². The van der Waals surface area contributed by atoms with E-state index in [4.69, 9.17) is 27.9 Å². The van der Waals surface area contributed by atoms with Crippen LogP contribution in [0.2, 0.25) is 10.0 Å². The number of nitrogens with zero attached hydrogens (tertiary/aromatic N) is 1. The molecule has 1 saturated heterocycles. The molecule has 0 radical (unpaired) electrons. The molecule has 1 N–H and O–H groups in total. The van der Waals surface area contributed by atoms with Crippen molar-refractivity contribution in [3.05, 3.63) is 27.7 Å². The molecule has 2 fully saturated rings. The summed E-state index contributed by atoms with van der Waals surface area (Å²) in [5.74, 6) is -2.21.